The third-order valence-corrected chi connectivity index (χ3v) is 4.71. The molecule has 32 heavy (non-hydrogen) atoms. The Morgan fingerprint density at radius 1 is 0.750 bits per heavy atom. The Bertz CT molecular complexity index is 1270. The van der Waals surface area contributed by atoms with Crippen molar-refractivity contribution in [1.82, 2.24) is 5.48 Å². The van der Waals surface area contributed by atoms with Gasteiger partial charge in [0.25, 0.3) is 0 Å². The summed E-state index contributed by atoms with van der Waals surface area (Å²) in [7, 11) is 0. The SMILES string of the molecule is O=C(ONC(=Nc1ccccc1)c1ccc2ccccc2c1)c1ccc(C(F)(F)F)cc1. The van der Waals surface area contributed by atoms with Gasteiger partial charge in [-0.25, -0.2) is 9.79 Å². The van der Waals surface area contributed by atoms with Crippen LogP contribution in [0.15, 0.2) is 102 Å². The summed E-state index contributed by atoms with van der Waals surface area (Å²) in [6.45, 7) is 0. The maximum Gasteiger partial charge on any atom is 0.416 e. The fourth-order valence-electron chi connectivity index (χ4n) is 3.06. The van der Waals surface area contributed by atoms with Gasteiger partial charge in [-0.15, -0.1) is 0 Å². The molecule has 0 unspecified atom stereocenters. The van der Waals surface area contributed by atoms with Crippen LogP contribution in [0.5, 0.6) is 0 Å². The van der Waals surface area contributed by atoms with Crippen molar-refractivity contribution in [3.05, 3.63) is 114 Å². The second-order valence-corrected chi connectivity index (χ2v) is 6.92. The highest BCUT2D eigenvalue weighted by molar-refractivity contribution is 6.03. The van der Waals surface area contributed by atoms with Gasteiger partial charge in [0.2, 0.25) is 0 Å². The molecular formula is C25H17F3N2O2. The van der Waals surface area contributed by atoms with E-state index in [1.54, 1.807) is 12.1 Å². The predicted octanol–water partition coefficient (Wildman–Crippen LogP) is 6.30. The number of nitrogens with one attached hydrogen (secondary N) is 1. The molecule has 4 nitrogen and oxygen atoms in total. The lowest BCUT2D eigenvalue weighted by Gasteiger charge is -2.12. The van der Waals surface area contributed by atoms with E-state index < -0.39 is 17.7 Å². The van der Waals surface area contributed by atoms with Gasteiger partial charge in [0, 0.05) is 5.56 Å². The van der Waals surface area contributed by atoms with Crippen LogP contribution < -0.4 is 5.48 Å². The number of para-hydroxylation sites is 1. The molecule has 0 saturated carbocycles. The summed E-state index contributed by atoms with van der Waals surface area (Å²) in [5.41, 5.74) is 3.01. The normalized spacial score (nSPS) is 11.9. The zero-order valence-electron chi connectivity index (χ0n) is 16.6. The van der Waals surface area contributed by atoms with Crippen molar-refractivity contribution in [2.75, 3.05) is 0 Å². The molecule has 0 aliphatic heterocycles. The molecule has 0 aliphatic rings. The Labute approximate surface area is 181 Å². The number of hydrogen-bond acceptors (Lipinski definition) is 3. The Kier molecular flexibility index (Phi) is 5.89. The molecule has 1 N–H and O–H groups in total. The van der Waals surface area contributed by atoms with Crippen LogP contribution in [0.3, 0.4) is 0 Å². The van der Waals surface area contributed by atoms with Crippen LogP contribution in [0.4, 0.5) is 18.9 Å². The molecule has 0 aliphatic carbocycles. The van der Waals surface area contributed by atoms with E-state index >= 15 is 0 Å². The molecule has 4 rings (SSSR count). The summed E-state index contributed by atoms with van der Waals surface area (Å²) in [5.74, 6) is -0.553. The van der Waals surface area contributed by atoms with Gasteiger partial charge in [-0.3, -0.25) is 0 Å². The molecule has 4 aromatic carbocycles. The van der Waals surface area contributed by atoms with Crippen LogP contribution in [0, 0.1) is 0 Å². The van der Waals surface area contributed by atoms with Crippen molar-refractivity contribution < 1.29 is 22.8 Å². The fraction of sp³-hybridized carbons (Fsp3) is 0.0400. The predicted molar refractivity (Wildman–Crippen MR) is 117 cm³/mol. The molecule has 0 heterocycles. The average Bonchev–Trinajstić information content (AvgIpc) is 2.81. The monoisotopic (exact) mass is 434 g/mol. The van der Waals surface area contributed by atoms with Crippen LogP contribution in [-0.4, -0.2) is 11.8 Å². The van der Waals surface area contributed by atoms with E-state index in [4.69, 9.17) is 4.84 Å². The topological polar surface area (TPSA) is 50.7 Å². The lowest BCUT2D eigenvalue weighted by atomic mass is 10.1. The molecule has 0 atom stereocenters. The Morgan fingerprint density at radius 3 is 2.06 bits per heavy atom. The zero-order chi connectivity index (χ0) is 22.6. The van der Waals surface area contributed by atoms with Gasteiger partial charge < -0.3 is 4.84 Å². The maximum absolute atomic E-state index is 12.7. The summed E-state index contributed by atoms with van der Waals surface area (Å²) in [5, 5.41) is 2.01. The lowest BCUT2D eigenvalue weighted by molar-refractivity contribution is -0.137. The minimum Gasteiger partial charge on any atom is -0.336 e. The number of nitrogens with zero attached hydrogens (tertiary/aromatic N) is 1. The summed E-state index contributed by atoms with van der Waals surface area (Å²) >= 11 is 0. The quantitative estimate of drug-likeness (QED) is 0.234. The van der Waals surface area contributed by atoms with Crippen molar-refractivity contribution >= 4 is 28.3 Å². The number of hydroxylamine groups is 1. The third-order valence-electron chi connectivity index (χ3n) is 4.71. The summed E-state index contributed by atoms with van der Waals surface area (Å²) in [4.78, 5) is 22.1. The van der Waals surface area contributed by atoms with Crippen LogP contribution in [-0.2, 0) is 11.0 Å². The van der Waals surface area contributed by atoms with Crippen LogP contribution >= 0.6 is 0 Å². The van der Waals surface area contributed by atoms with Gasteiger partial charge >= 0.3 is 12.1 Å². The first kappa shape index (κ1) is 21.1. The van der Waals surface area contributed by atoms with Gasteiger partial charge in [0.05, 0.1) is 16.8 Å². The highest BCUT2D eigenvalue weighted by Gasteiger charge is 2.30. The van der Waals surface area contributed by atoms with E-state index in [2.05, 4.69) is 10.5 Å². The molecule has 0 radical (unpaired) electrons. The van der Waals surface area contributed by atoms with E-state index in [9.17, 15) is 18.0 Å². The van der Waals surface area contributed by atoms with Gasteiger partial charge in [0.1, 0.15) is 0 Å². The molecule has 160 valence electrons. The minimum atomic E-state index is -4.48. The molecule has 4 aromatic rings. The largest absolute Gasteiger partial charge is 0.416 e. The maximum atomic E-state index is 12.7. The van der Waals surface area contributed by atoms with Gasteiger partial charge in [0.15, 0.2) is 5.84 Å². The first-order valence-corrected chi connectivity index (χ1v) is 9.67. The summed E-state index contributed by atoms with van der Waals surface area (Å²) in [6.07, 6.45) is -4.48. The van der Waals surface area contributed by atoms with Crippen molar-refractivity contribution in [2.24, 2.45) is 4.99 Å². The van der Waals surface area contributed by atoms with Crippen molar-refractivity contribution in [3.63, 3.8) is 0 Å². The number of fused-ring (bicyclic) bond motifs is 1. The first-order valence-electron chi connectivity index (χ1n) is 9.67. The number of alkyl halides is 3. The summed E-state index contributed by atoms with van der Waals surface area (Å²) in [6, 6.07) is 26.3. The Hall–Kier alpha value is -4.13. The molecule has 0 spiro atoms. The number of aliphatic imine (C=N–C) groups is 1. The molecule has 0 fully saturated rings. The second-order valence-electron chi connectivity index (χ2n) is 6.92. The number of amidine groups is 1. The molecule has 0 saturated heterocycles. The van der Waals surface area contributed by atoms with Gasteiger partial charge in [-0.1, -0.05) is 54.6 Å². The van der Waals surface area contributed by atoms with E-state index in [-0.39, 0.29) is 11.4 Å². The van der Waals surface area contributed by atoms with E-state index in [0.29, 0.717) is 11.3 Å². The zero-order valence-corrected chi connectivity index (χ0v) is 16.6. The van der Waals surface area contributed by atoms with Crippen molar-refractivity contribution in [3.8, 4) is 0 Å². The molecule has 0 aromatic heterocycles. The van der Waals surface area contributed by atoms with E-state index in [1.807, 2.05) is 60.7 Å². The number of rotatable bonds is 3. The molecule has 0 bridgehead atoms. The highest BCUT2D eigenvalue weighted by atomic mass is 19.4. The van der Waals surface area contributed by atoms with E-state index in [0.717, 1.165) is 35.0 Å². The lowest BCUT2D eigenvalue weighted by Crippen LogP contribution is -2.28. The second kappa shape index (κ2) is 8.93. The number of benzene rings is 4. The average molecular weight is 434 g/mol. The molecule has 7 heteroatoms. The fourth-order valence-corrected chi connectivity index (χ4v) is 3.06. The van der Waals surface area contributed by atoms with Crippen molar-refractivity contribution in [2.45, 2.75) is 6.18 Å². The van der Waals surface area contributed by atoms with Crippen LogP contribution in [0.25, 0.3) is 10.8 Å². The smallest absolute Gasteiger partial charge is 0.336 e. The highest BCUT2D eigenvalue weighted by Crippen LogP contribution is 2.29. The molecule has 0 amide bonds. The van der Waals surface area contributed by atoms with E-state index in [1.165, 1.54) is 0 Å². The van der Waals surface area contributed by atoms with Gasteiger partial charge in [-0.2, -0.15) is 18.7 Å². The number of halogens is 3. The molecular weight excluding hydrogens is 417 g/mol. The number of hydrogen-bond donors (Lipinski definition) is 1. The van der Waals surface area contributed by atoms with Crippen molar-refractivity contribution in [1.29, 1.82) is 0 Å². The standard InChI is InChI=1S/C25H17F3N2O2/c26-25(27,28)21-14-12-18(13-15-21)24(31)32-30-23(29-22-8-2-1-3-9-22)20-11-10-17-6-4-5-7-19(17)16-20/h1-16H,(H,29,30). The third kappa shape index (κ3) is 4.95. The number of carbonyl (C=O) groups is 1. The van der Waals surface area contributed by atoms with Crippen LogP contribution in [0.1, 0.15) is 21.5 Å². The first-order chi connectivity index (χ1) is 15.4. The number of carbonyl (C=O) groups excluding carboxylic acids is 1. The Balaban J connectivity index is 1.59. The minimum absolute atomic E-state index is 0.0249. The van der Waals surface area contributed by atoms with Crippen LogP contribution in [0.2, 0.25) is 0 Å². The summed E-state index contributed by atoms with van der Waals surface area (Å²) < 4.78 is 38.2. The van der Waals surface area contributed by atoms with Gasteiger partial charge in [-0.05, 0) is 53.2 Å². The Morgan fingerprint density at radius 2 is 1.38 bits per heavy atom.